The van der Waals surface area contributed by atoms with E-state index in [2.05, 4.69) is 38.2 Å². The zero-order chi connectivity index (χ0) is 40.8. The summed E-state index contributed by atoms with van der Waals surface area (Å²) in [6.45, 7) is 4.55. The summed E-state index contributed by atoms with van der Waals surface area (Å²) in [6, 6.07) is 3.15. The first-order chi connectivity index (χ1) is 27.3. The average Bonchev–Trinajstić information content (AvgIpc) is 3.18. The monoisotopic (exact) mass is 825 g/mol. The Morgan fingerprint density at radius 3 is 1.05 bits per heavy atom. The van der Waals surface area contributed by atoms with Crippen LogP contribution in [0.5, 0.6) is 0 Å². The molecule has 0 heterocycles. The predicted molar refractivity (Wildman–Crippen MR) is 232 cm³/mol. The van der Waals surface area contributed by atoms with Gasteiger partial charge in [-0.05, 0) is 70.6 Å². The maximum atomic E-state index is 13.0. The summed E-state index contributed by atoms with van der Waals surface area (Å²) in [5, 5.41) is 0. The van der Waals surface area contributed by atoms with Crippen molar-refractivity contribution < 1.29 is 61.6 Å². The third-order valence-corrected chi connectivity index (χ3v) is 11.5. The molecule has 0 unspecified atom stereocenters. The van der Waals surface area contributed by atoms with Crippen molar-refractivity contribution in [3.63, 3.8) is 0 Å². The zero-order valence-corrected chi connectivity index (χ0v) is 39.7. The van der Waals surface area contributed by atoms with Crippen LogP contribution in [-0.4, -0.2) is 38.1 Å². The summed E-state index contributed by atoms with van der Waals surface area (Å²) in [5.74, 6) is -1.54. The van der Waals surface area contributed by atoms with Gasteiger partial charge in [-0.2, -0.15) is 0 Å². The first-order valence-electron chi connectivity index (χ1n) is 23.0. The molecular weight excluding hydrogens is 744 g/mol. The molecule has 1 aromatic carbocycles. The number of carbonyl (C=O) groups excluding carboxylic acids is 2. The molecule has 322 valence electrons. The SMILES string of the molecule is C/C=C/CCCCCCCCCCCCCCCCCOC(=O)c1ccc(S(=O)(=O)[O-])cc1C(=O)OCCCCCCCCCCCCCCCCC/C=C/C.[Na+]. The van der Waals surface area contributed by atoms with Crippen molar-refractivity contribution in [1.82, 2.24) is 0 Å². The zero-order valence-electron chi connectivity index (χ0n) is 36.8. The fourth-order valence-corrected chi connectivity index (χ4v) is 7.67. The molecule has 0 aliphatic rings. The molecule has 1 aromatic rings. The van der Waals surface area contributed by atoms with Gasteiger partial charge in [-0.3, -0.25) is 0 Å². The van der Waals surface area contributed by atoms with Gasteiger partial charge >= 0.3 is 41.5 Å². The van der Waals surface area contributed by atoms with Crippen LogP contribution in [0.1, 0.15) is 240 Å². The third-order valence-electron chi connectivity index (χ3n) is 10.7. The molecule has 0 bridgehead atoms. The van der Waals surface area contributed by atoms with Crippen molar-refractivity contribution >= 4 is 22.1 Å². The Hall–Kier alpha value is -1.45. The Morgan fingerprint density at radius 2 is 0.754 bits per heavy atom. The first-order valence-corrected chi connectivity index (χ1v) is 24.4. The summed E-state index contributed by atoms with van der Waals surface area (Å²) >= 11 is 0. The maximum absolute atomic E-state index is 13.0. The standard InChI is InChI=1S/C48H82O7S.Na/c1-3-5-7-9-11-13-15-17-19-21-23-25-27-29-31-33-35-37-41-54-47(49)45-40-39-44(56(51,52)53)43-46(45)48(50)55-42-38-36-34-32-30-28-26-24-22-20-18-16-14-12-10-8-6-4-2;/h3-6,39-40,43H,7-38,41-42H2,1-2H3,(H,51,52,53);/q;+1/p-1/b5-3+,6-4+;. The van der Waals surface area contributed by atoms with Crippen LogP contribution in [-0.2, 0) is 19.6 Å². The average molecular weight is 825 g/mol. The minimum atomic E-state index is -4.82. The van der Waals surface area contributed by atoms with E-state index in [1.807, 2.05) is 0 Å². The molecule has 0 aliphatic heterocycles. The molecule has 7 nitrogen and oxygen atoms in total. The molecule has 9 heteroatoms. The van der Waals surface area contributed by atoms with Gasteiger partial charge in [-0.15, -0.1) is 0 Å². The summed E-state index contributed by atoms with van der Waals surface area (Å²) < 4.78 is 45.8. The van der Waals surface area contributed by atoms with Gasteiger partial charge in [0.1, 0.15) is 10.1 Å². The van der Waals surface area contributed by atoms with Gasteiger partial charge in [-0.25, -0.2) is 18.0 Å². The number of unbranched alkanes of at least 4 members (excludes halogenated alkanes) is 30. The van der Waals surface area contributed by atoms with E-state index in [1.54, 1.807) is 0 Å². The van der Waals surface area contributed by atoms with Crippen LogP contribution in [0, 0.1) is 0 Å². The van der Waals surface area contributed by atoms with Crippen molar-refractivity contribution in [2.75, 3.05) is 13.2 Å². The first kappa shape index (κ1) is 55.5. The molecule has 0 aromatic heterocycles. The molecular formula is C48H81NaO7S. The minimum absolute atomic E-state index is 0. The Morgan fingerprint density at radius 1 is 0.474 bits per heavy atom. The molecule has 0 radical (unpaired) electrons. The van der Waals surface area contributed by atoms with Crippen molar-refractivity contribution in [3.05, 3.63) is 53.6 Å². The van der Waals surface area contributed by atoms with Crippen LogP contribution < -0.4 is 29.6 Å². The smallest absolute Gasteiger partial charge is 0.744 e. The molecule has 0 N–H and O–H groups in total. The summed E-state index contributed by atoms with van der Waals surface area (Å²) in [4.78, 5) is 25.3. The van der Waals surface area contributed by atoms with E-state index in [0.717, 1.165) is 44.2 Å². The normalized spacial score (nSPS) is 11.7. The summed E-state index contributed by atoms with van der Waals surface area (Å²) in [6.07, 6.45) is 48.1. The summed E-state index contributed by atoms with van der Waals surface area (Å²) in [7, 11) is -4.82. The molecule has 57 heavy (non-hydrogen) atoms. The van der Waals surface area contributed by atoms with Crippen LogP contribution in [0.3, 0.4) is 0 Å². The molecule has 0 saturated carbocycles. The molecule has 0 spiro atoms. The van der Waals surface area contributed by atoms with Gasteiger partial charge < -0.3 is 14.0 Å². The van der Waals surface area contributed by atoms with E-state index in [0.29, 0.717) is 12.8 Å². The van der Waals surface area contributed by atoms with Gasteiger partial charge in [0.05, 0.1) is 29.2 Å². The fraction of sp³-hybridized carbons (Fsp3) is 0.750. The van der Waals surface area contributed by atoms with Crippen LogP contribution in [0.15, 0.2) is 47.4 Å². The second-order valence-electron chi connectivity index (χ2n) is 15.8. The Bertz CT molecular complexity index is 1280. The number of carbonyl (C=O) groups is 2. The second-order valence-corrected chi connectivity index (χ2v) is 17.1. The molecule has 0 amide bonds. The van der Waals surface area contributed by atoms with E-state index in [-0.39, 0.29) is 53.9 Å². The van der Waals surface area contributed by atoms with Gasteiger partial charge in [-0.1, -0.05) is 191 Å². The van der Waals surface area contributed by atoms with Crippen molar-refractivity contribution in [2.45, 2.75) is 224 Å². The fourth-order valence-electron chi connectivity index (χ4n) is 7.17. The third kappa shape index (κ3) is 33.0. The Labute approximate surface area is 372 Å². The minimum Gasteiger partial charge on any atom is -0.744 e. The van der Waals surface area contributed by atoms with Crippen LogP contribution in [0.4, 0.5) is 0 Å². The number of hydrogen-bond donors (Lipinski definition) is 0. The number of benzene rings is 1. The van der Waals surface area contributed by atoms with E-state index in [9.17, 15) is 22.6 Å². The predicted octanol–water partition coefficient (Wildman–Crippen LogP) is 11.5. The molecule has 0 saturated heterocycles. The molecule has 0 fully saturated rings. The Kier molecular flexibility index (Phi) is 39.0. The van der Waals surface area contributed by atoms with Gasteiger partial charge in [0.25, 0.3) is 0 Å². The van der Waals surface area contributed by atoms with Gasteiger partial charge in [0.15, 0.2) is 0 Å². The largest absolute Gasteiger partial charge is 1.00 e. The Balaban J connectivity index is 0.0000314. The number of rotatable bonds is 39. The van der Waals surface area contributed by atoms with Crippen molar-refractivity contribution in [1.29, 1.82) is 0 Å². The van der Waals surface area contributed by atoms with Gasteiger partial charge in [0.2, 0.25) is 0 Å². The van der Waals surface area contributed by atoms with Crippen molar-refractivity contribution in [3.8, 4) is 0 Å². The van der Waals surface area contributed by atoms with Crippen LogP contribution in [0.25, 0.3) is 0 Å². The van der Waals surface area contributed by atoms with Gasteiger partial charge in [0, 0.05) is 0 Å². The molecule has 0 atom stereocenters. The molecule has 1 rings (SSSR count). The van der Waals surface area contributed by atoms with E-state index >= 15 is 0 Å². The van der Waals surface area contributed by atoms with E-state index in [1.165, 1.54) is 167 Å². The quantitative estimate of drug-likeness (QED) is 0.0214. The second kappa shape index (κ2) is 40.0. The topological polar surface area (TPSA) is 110 Å². The van der Waals surface area contributed by atoms with Crippen LogP contribution >= 0.6 is 0 Å². The van der Waals surface area contributed by atoms with E-state index in [4.69, 9.17) is 9.47 Å². The van der Waals surface area contributed by atoms with Crippen molar-refractivity contribution in [2.24, 2.45) is 0 Å². The number of esters is 2. The number of hydrogen-bond acceptors (Lipinski definition) is 7. The van der Waals surface area contributed by atoms with Crippen LogP contribution in [0.2, 0.25) is 0 Å². The number of allylic oxidation sites excluding steroid dienone is 4. The molecule has 0 aliphatic carbocycles. The summed E-state index contributed by atoms with van der Waals surface area (Å²) in [5.41, 5.74) is -0.333. The number of ether oxygens (including phenoxy) is 2. The maximum Gasteiger partial charge on any atom is 1.00 e. The van der Waals surface area contributed by atoms with E-state index < -0.39 is 27.0 Å².